The van der Waals surface area contributed by atoms with Crippen LogP contribution in [0.2, 0.25) is 0 Å². The molecule has 0 bridgehead atoms. The molecule has 3 aromatic carbocycles. The van der Waals surface area contributed by atoms with Gasteiger partial charge in [-0.05, 0) is 66.4 Å². The predicted octanol–water partition coefficient (Wildman–Crippen LogP) is 5.68. The van der Waals surface area contributed by atoms with E-state index in [0.29, 0.717) is 34.3 Å². The van der Waals surface area contributed by atoms with Crippen LogP contribution in [0.1, 0.15) is 27.9 Å². The highest BCUT2D eigenvalue weighted by Crippen LogP contribution is 2.38. The highest BCUT2D eigenvalue weighted by atomic mass is 19.1. The van der Waals surface area contributed by atoms with Crippen molar-refractivity contribution in [3.8, 4) is 22.5 Å². The van der Waals surface area contributed by atoms with Gasteiger partial charge in [0.2, 0.25) is 0 Å². The number of amides is 1. The largest absolute Gasteiger partial charge is 0.469 e. The van der Waals surface area contributed by atoms with Gasteiger partial charge in [0.1, 0.15) is 17.2 Å². The van der Waals surface area contributed by atoms with E-state index in [-0.39, 0.29) is 24.1 Å². The Balaban J connectivity index is 1.97. The van der Waals surface area contributed by atoms with Crippen molar-refractivity contribution in [2.45, 2.75) is 19.8 Å². The lowest BCUT2D eigenvalue weighted by molar-refractivity contribution is -0.140. The minimum absolute atomic E-state index is 0.217. The zero-order valence-electron chi connectivity index (χ0n) is 18.7. The Morgan fingerprint density at radius 2 is 1.79 bits per heavy atom. The van der Waals surface area contributed by atoms with Crippen LogP contribution in [0.3, 0.4) is 0 Å². The summed E-state index contributed by atoms with van der Waals surface area (Å²) in [6.07, 6.45) is 0.669. The number of furan rings is 1. The normalized spacial score (nSPS) is 10.9. The first-order valence-electron chi connectivity index (χ1n) is 10.6. The summed E-state index contributed by atoms with van der Waals surface area (Å²) in [4.78, 5) is 24.7. The quantitative estimate of drug-likeness (QED) is 0.388. The van der Waals surface area contributed by atoms with Crippen molar-refractivity contribution < 1.29 is 23.1 Å². The number of ether oxygens (including phenoxy) is 1. The van der Waals surface area contributed by atoms with Crippen LogP contribution in [-0.4, -0.2) is 26.0 Å². The first kappa shape index (κ1) is 22.3. The van der Waals surface area contributed by atoms with Crippen molar-refractivity contribution in [1.82, 2.24) is 5.32 Å². The van der Waals surface area contributed by atoms with Crippen LogP contribution in [0.25, 0.3) is 33.4 Å². The number of hydrogen-bond acceptors (Lipinski definition) is 4. The fraction of sp³-hybridized carbons (Fsp3) is 0.185. The molecule has 1 heterocycles. The molecule has 0 spiro atoms. The zero-order valence-corrected chi connectivity index (χ0v) is 18.7. The maximum Gasteiger partial charge on any atom is 0.305 e. The van der Waals surface area contributed by atoms with Crippen molar-refractivity contribution in [1.29, 1.82) is 0 Å². The van der Waals surface area contributed by atoms with E-state index in [9.17, 15) is 14.0 Å². The van der Waals surface area contributed by atoms with Gasteiger partial charge in [0.15, 0.2) is 0 Å². The van der Waals surface area contributed by atoms with Crippen molar-refractivity contribution in [2.75, 3.05) is 14.2 Å². The van der Waals surface area contributed by atoms with Crippen molar-refractivity contribution in [3.05, 3.63) is 83.2 Å². The van der Waals surface area contributed by atoms with E-state index in [1.165, 1.54) is 19.2 Å². The van der Waals surface area contributed by atoms with Gasteiger partial charge in [-0.15, -0.1) is 0 Å². The molecule has 4 aromatic rings. The molecule has 0 radical (unpaired) electrons. The summed E-state index contributed by atoms with van der Waals surface area (Å²) in [6.45, 7) is 2.01. The van der Waals surface area contributed by atoms with Gasteiger partial charge in [0.25, 0.3) is 5.91 Å². The number of carbonyl (C=O) groups is 2. The molecule has 1 amide bonds. The third kappa shape index (κ3) is 4.51. The minimum Gasteiger partial charge on any atom is -0.469 e. The number of rotatable bonds is 6. The number of fused-ring (bicyclic) bond motifs is 1. The van der Waals surface area contributed by atoms with E-state index < -0.39 is 0 Å². The Morgan fingerprint density at radius 3 is 2.45 bits per heavy atom. The van der Waals surface area contributed by atoms with Gasteiger partial charge in [-0.1, -0.05) is 29.8 Å². The number of hydrogen-bond donors (Lipinski definition) is 1. The second kappa shape index (κ2) is 9.28. The fourth-order valence-corrected chi connectivity index (χ4v) is 3.97. The van der Waals surface area contributed by atoms with Gasteiger partial charge in [0.05, 0.1) is 12.7 Å². The molecular weight excluding hydrogens is 421 g/mol. The van der Waals surface area contributed by atoms with Crippen LogP contribution in [0.15, 0.2) is 65.1 Å². The summed E-state index contributed by atoms with van der Waals surface area (Å²) in [5, 5.41) is 3.32. The van der Waals surface area contributed by atoms with Gasteiger partial charge < -0.3 is 14.5 Å². The molecule has 6 heteroatoms. The number of methoxy groups -OCH3 is 1. The van der Waals surface area contributed by atoms with Gasteiger partial charge in [-0.2, -0.15) is 0 Å². The molecule has 0 aliphatic carbocycles. The average Bonchev–Trinajstić information content (AvgIpc) is 3.20. The van der Waals surface area contributed by atoms with Crippen LogP contribution in [-0.2, 0) is 16.0 Å². The molecule has 0 fully saturated rings. The van der Waals surface area contributed by atoms with E-state index in [4.69, 9.17) is 9.15 Å². The second-order valence-electron chi connectivity index (χ2n) is 7.84. The van der Waals surface area contributed by atoms with Gasteiger partial charge in [0, 0.05) is 24.4 Å². The molecule has 0 saturated carbocycles. The average molecular weight is 445 g/mol. The van der Waals surface area contributed by atoms with E-state index in [0.717, 1.165) is 22.3 Å². The Morgan fingerprint density at radius 1 is 1.03 bits per heavy atom. The van der Waals surface area contributed by atoms with Crippen LogP contribution < -0.4 is 5.32 Å². The Hall–Kier alpha value is -3.93. The molecule has 0 atom stereocenters. The first-order valence-corrected chi connectivity index (χ1v) is 10.6. The lowest BCUT2D eigenvalue weighted by atomic mass is 9.93. The summed E-state index contributed by atoms with van der Waals surface area (Å²) in [5.74, 6) is -0.610. The number of esters is 1. The second-order valence-corrected chi connectivity index (χ2v) is 7.84. The summed E-state index contributed by atoms with van der Waals surface area (Å²) in [7, 11) is 2.92. The lowest BCUT2D eigenvalue weighted by Crippen LogP contribution is -2.18. The molecular formula is C27H24FNO4. The number of nitrogens with one attached hydrogen (secondary N) is 1. The first-order chi connectivity index (χ1) is 15.9. The van der Waals surface area contributed by atoms with Gasteiger partial charge in [-0.3, -0.25) is 9.59 Å². The molecule has 1 N–H and O–H groups in total. The molecule has 4 rings (SSSR count). The molecule has 33 heavy (non-hydrogen) atoms. The maximum atomic E-state index is 13.5. The molecule has 1 aromatic heterocycles. The third-order valence-corrected chi connectivity index (χ3v) is 5.63. The topological polar surface area (TPSA) is 68.5 Å². The van der Waals surface area contributed by atoms with Crippen molar-refractivity contribution in [3.63, 3.8) is 0 Å². The number of carbonyl (C=O) groups excluding carboxylic acids is 2. The van der Waals surface area contributed by atoms with E-state index >= 15 is 0 Å². The summed E-state index contributed by atoms with van der Waals surface area (Å²) in [6, 6.07) is 17.7. The van der Waals surface area contributed by atoms with Crippen LogP contribution in [0.4, 0.5) is 4.39 Å². The smallest absolute Gasteiger partial charge is 0.305 e. The molecule has 0 aliphatic rings. The van der Waals surface area contributed by atoms with Crippen molar-refractivity contribution >= 4 is 22.8 Å². The highest BCUT2D eigenvalue weighted by Gasteiger charge is 2.23. The highest BCUT2D eigenvalue weighted by molar-refractivity contribution is 6.12. The zero-order chi connectivity index (χ0) is 23.5. The third-order valence-electron chi connectivity index (χ3n) is 5.63. The SMILES string of the molecule is CNC(=O)c1c(-c2ccc(F)cc2)oc2cc(CCC(=O)OC)c(-c3cccc(C)c3)cc12. The Kier molecular flexibility index (Phi) is 6.27. The van der Waals surface area contributed by atoms with E-state index in [1.54, 1.807) is 19.2 Å². The number of aryl methyl sites for hydroxylation is 2. The summed E-state index contributed by atoms with van der Waals surface area (Å²) < 4.78 is 24.4. The molecule has 0 saturated heterocycles. The van der Waals surface area contributed by atoms with Gasteiger partial charge in [-0.25, -0.2) is 4.39 Å². The van der Waals surface area contributed by atoms with Crippen LogP contribution in [0, 0.1) is 12.7 Å². The monoisotopic (exact) mass is 445 g/mol. The standard InChI is InChI=1S/C27H24FNO4/c1-16-5-4-6-18(13-16)21-15-22-23(14-19(21)9-12-24(30)32-3)33-26(25(22)27(31)29-2)17-7-10-20(28)11-8-17/h4-8,10-11,13-15H,9,12H2,1-3H3,(H,29,31). The number of benzene rings is 3. The fourth-order valence-electron chi connectivity index (χ4n) is 3.97. The van der Waals surface area contributed by atoms with Crippen LogP contribution in [0.5, 0.6) is 0 Å². The lowest BCUT2D eigenvalue weighted by Gasteiger charge is -2.11. The summed E-state index contributed by atoms with van der Waals surface area (Å²) >= 11 is 0. The van der Waals surface area contributed by atoms with E-state index in [2.05, 4.69) is 11.4 Å². The van der Waals surface area contributed by atoms with E-state index in [1.807, 2.05) is 37.3 Å². The number of halogens is 1. The summed E-state index contributed by atoms with van der Waals surface area (Å²) in [5.41, 5.74) is 5.38. The Labute approximate surface area is 191 Å². The molecule has 168 valence electrons. The molecule has 5 nitrogen and oxygen atoms in total. The van der Waals surface area contributed by atoms with Gasteiger partial charge >= 0.3 is 5.97 Å². The predicted molar refractivity (Wildman–Crippen MR) is 126 cm³/mol. The van der Waals surface area contributed by atoms with Crippen LogP contribution >= 0.6 is 0 Å². The molecule has 0 unspecified atom stereocenters. The molecule has 0 aliphatic heterocycles. The minimum atomic E-state index is -0.372. The maximum absolute atomic E-state index is 13.5. The Bertz CT molecular complexity index is 1340. The van der Waals surface area contributed by atoms with Crippen molar-refractivity contribution in [2.24, 2.45) is 0 Å².